The molecule has 5 heteroatoms. The largest absolute Gasteiger partial charge is 0.496 e. The molecular formula is C12H14F2O3. The monoisotopic (exact) mass is 244 g/mol. The number of aliphatic carboxylic acids is 1. The van der Waals surface area contributed by atoms with E-state index >= 15 is 0 Å². The summed E-state index contributed by atoms with van der Waals surface area (Å²) in [4.78, 5) is 11.0. The number of carbonyl (C=O) groups is 1. The van der Waals surface area contributed by atoms with E-state index in [4.69, 9.17) is 9.84 Å². The van der Waals surface area contributed by atoms with Gasteiger partial charge in [-0.1, -0.05) is 0 Å². The summed E-state index contributed by atoms with van der Waals surface area (Å²) in [5, 5.41) is 8.98. The maximum absolute atomic E-state index is 13.1. The second-order valence-electron chi connectivity index (χ2n) is 4.44. The van der Waals surface area contributed by atoms with Gasteiger partial charge in [0.05, 0.1) is 12.5 Å². The number of methoxy groups -OCH3 is 1. The van der Waals surface area contributed by atoms with Gasteiger partial charge in [0.25, 0.3) is 0 Å². The Balaban J connectivity index is 3.14. The lowest BCUT2D eigenvalue weighted by molar-refractivity contribution is -0.146. The molecule has 0 saturated carbocycles. The summed E-state index contributed by atoms with van der Waals surface area (Å²) >= 11 is 0. The molecule has 0 aliphatic rings. The smallest absolute Gasteiger partial charge is 0.309 e. The van der Waals surface area contributed by atoms with Crippen molar-refractivity contribution in [2.24, 2.45) is 5.41 Å². The van der Waals surface area contributed by atoms with Gasteiger partial charge >= 0.3 is 5.97 Å². The third-order valence-corrected chi connectivity index (χ3v) is 2.53. The molecule has 0 amide bonds. The lowest BCUT2D eigenvalue weighted by Gasteiger charge is -2.20. The fraction of sp³-hybridized carbons (Fsp3) is 0.417. The quantitative estimate of drug-likeness (QED) is 0.885. The van der Waals surface area contributed by atoms with E-state index in [1.165, 1.54) is 21.0 Å². The molecule has 0 heterocycles. The van der Waals surface area contributed by atoms with Gasteiger partial charge in [0.15, 0.2) is 11.6 Å². The average Bonchev–Trinajstić information content (AvgIpc) is 2.22. The van der Waals surface area contributed by atoms with E-state index < -0.39 is 23.0 Å². The normalized spacial score (nSPS) is 11.4. The van der Waals surface area contributed by atoms with Crippen LogP contribution in [0.15, 0.2) is 12.1 Å². The third-order valence-electron chi connectivity index (χ3n) is 2.53. The first-order valence-corrected chi connectivity index (χ1v) is 5.03. The van der Waals surface area contributed by atoms with Crippen molar-refractivity contribution in [1.82, 2.24) is 0 Å². The summed E-state index contributed by atoms with van der Waals surface area (Å²) < 4.78 is 31.0. The van der Waals surface area contributed by atoms with Crippen molar-refractivity contribution >= 4 is 5.97 Å². The highest BCUT2D eigenvalue weighted by Gasteiger charge is 2.29. The van der Waals surface area contributed by atoms with Crippen LogP contribution in [-0.4, -0.2) is 18.2 Å². The first-order chi connectivity index (χ1) is 7.77. The fourth-order valence-corrected chi connectivity index (χ4v) is 1.45. The Hall–Kier alpha value is -1.65. The van der Waals surface area contributed by atoms with Gasteiger partial charge in [-0.3, -0.25) is 4.79 Å². The van der Waals surface area contributed by atoms with Gasteiger partial charge in [0.2, 0.25) is 0 Å². The zero-order valence-electron chi connectivity index (χ0n) is 9.88. The molecule has 0 saturated heterocycles. The van der Waals surface area contributed by atoms with Crippen LogP contribution in [0.1, 0.15) is 19.4 Å². The summed E-state index contributed by atoms with van der Waals surface area (Å²) in [6.45, 7) is 3.02. The molecule has 1 rings (SSSR count). The average molecular weight is 244 g/mol. The van der Waals surface area contributed by atoms with Gasteiger partial charge in [-0.05, 0) is 31.9 Å². The van der Waals surface area contributed by atoms with Crippen molar-refractivity contribution in [3.05, 3.63) is 29.3 Å². The summed E-state index contributed by atoms with van der Waals surface area (Å²) in [6.07, 6.45) is 0.0582. The number of benzene rings is 1. The van der Waals surface area contributed by atoms with Gasteiger partial charge in [-0.2, -0.15) is 0 Å². The minimum absolute atomic E-state index is 0.0582. The summed E-state index contributed by atoms with van der Waals surface area (Å²) in [5.41, 5.74) is -0.740. The van der Waals surface area contributed by atoms with Crippen molar-refractivity contribution in [1.29, 1.82) is 0 Å². The molecular weight excluding hydrogens is 230 g/mol. The number of hydrogen-bond acceptors (Lipinski definition) is 2. The highest BCUT2D eigenvalue weighted by Crippen LogP contribution is 2.29. The third kappa shape index (κ3) is 2.93. The van der Waals surface area contributed by atoms with Crippen LogP contribution in [0.3, 0.4) is 0 Å². The second kappa shape index (κ2) is 4.69. The van der Waals surface area contributed by atoms with Crippen LogP contribution in [0, 0.1) is 17.0 Å². The van der Waals surface area contributed by atoms with E-state index in [9.17, 15) is 13.6 Å². The van der Waals surface area contributed by atoms with E-state index in [0.717, 1.165) is 12.1 Å². The van der Waals surface area contributed by atoms with E-state index in [0.29, 0.717) is 5.56 Å². The predicted octanol–water partition coefficient (Wildman–Crippen LogP) is 2.63. The lowest BCUT2D eigenvalue weighted by atomic mass is 9.85. The molecule has 0 unspecified atom stereocenters. The predicted molar refractivity (Wildman–Crippen MR) is 58.0 cm³/mol. The van der Waals surface area contributed by atoms with Crippen LogP contribution < -0.4 is 4.74 Å². The molecule has 0 aliphatic carbocycles. The van der Waals surface area contributed by atoms with Gasteiger partial charge in [0, 0.05) is 6.07 Å². The van der Waals surface area contributed by atoms with Gasteiger partial charge in [0.1, 0.15) is 5.75 Å². The van der Waals surface area contributed by atoms with Crippen LogP contribution in [0.4, 0.5) is 8.78 Å². The van der Waals surface area contributed by atoms with E-state index in [1.54, 1.807) is 0 Å². The van der Waals surface area contributed by atoms with Crippen LogP contribution >= 0.6 is 0 Å². The Morgan fingerprint density at radius 2 is 1.88 bits per heavy atom. The Bertz CT molecular complexity index is 442. The molecule has 0 fully saturated rings. The minimum Gasteiger partial charge on any atom is -0.496 e. The zero-order valence-corrected chi connectivity index (χ0v) is 9.88. The first-order valence-electron chi connectivity index (χ1n) is 5.03. The SMILES string of the molecule is COc1cc(F)c(F)cc1CC(C)(C)C(=O)O. The van der Waals surface area contributed by atoms with Crippen LogP contribution in [0.5, 0.6) is 5.75 Å². The maximum Gasteiger partial charge on any atom is 0.309 e. The minimum atomic E-state index is -1.07. The van der Waals surface area contributed by atoms with Crippen LogP contribution in [0.25, 0.3) is 0 Å². The van der Waals surface area contributed by atoms with Crippen LogP contribution in [0.2, 0.25) is 0 Å². The Kier molecular flexibility index (Phi) is 3.70. The molecule has 0 spiro atoms. The molecule has 1 aromatic rings. The molecule has 0 atom stereocenters. The molecule has 0 radical (unpaired) electrons. The molecule has 1 aromatic carbocycles. The molecule has 1 N–H and O–H groups in total. The highest BCUT2D eigenvalue weighted by molar-refractivity contribution is 5.74. The molecule has 17 heavy (non-hydrogen) atoms. The van der Waals surface area contributed by atoms with Crippen molar-refractivity contribution in [3.8, 4) is 5.75 Å². The highest BCUT2D eigenvalue weighted by atomic mass is 19.2. The van der Waals surface area contributed by atoms with Crippen molar-refractivity contribution in [2.45, 2.75) is 20.3 Å². The van der Waals surface area contributed by atoms with Crippen molar-refractivity contribution < 1.29 is 23.4 Å². The number of carboxylic acids is 1. The number of halogens is 2. The zero-order chi connectivity index (χ0) is 13.2. The van der Waals surface area contributed by atoms with E-state index in [2.05, 4.69) is 0 Å². The van der Waals surface area contributed by atoms with Crippen molar-refractivity contribution in [2.75, 3.05) is 7.11 Å². The Morgan fingerprint density at radius 3 is 2.35 bits per heavy atom. The Labute approximate surface area is 98.0 Å². The first kappa shape index (κ1) is 13.4. The standard InChI is InChI=1S/C12H14F2O3/c1-12(2,11(15)16)6-7-4-8(13)9(14)5-10(7)17-3/h4-5H,6H2,1-3H3,(H,15,16). The van der Waals surface area contributed by atoms with Crippen LogP contribution in [-0.2, 0) is 11.2 Å². The maximum atomic E-state index is 13.1. The second-order valence-corrected chi connectivity index (χ2v) is 4.44. The van der Waals surface area contributed by atoms with E-state index in [-0.39, 0.29) is 12.2 Å². The molecule has 0 bridgehead atoms. The molecule has 0 aromatic heterocycles. The Morgan fingerprint density at radius 1 is 1.35 bits per heavy atom. The van der Waals surface area contributed by atoms with E-state index in [1.807, 2.05) is 0 Å². The number of hydrogen-bond donors (Lipinski definition) is 1. The number of carboxylic acid groups (broad SMARTS) is 1. The van der Waals surface area contributed by atoms with Gasteiger partial charge in [-0.25, -0.2) is 8.78 Å². The topological polar surface area (TPSA) is 46.5 Å². The fourth-order valence-electron chi connectivity index (χ4n) is 1.45. The van der Waals surface area contributed by atoms with Gasteiger partial charge < -0.3 is 9.84 Å². The molecule has 94 valence electrons. The van der Waals surface area contributed by atoms with Crippen molar-refractivity contribution in [3.63, 3.8) is 0 Å². The van der Waals surface area contributed by atoms with Gasteiger partial charge in [-0.15, -0.1) is 0 Å². The summed E-state index contributed by atoms with van der Waals surface area (Å²) in [5.74, 6) is -2.89. The summed E-state index contributed by atoms with van der Waals surface area (Å²) in [7, 11) is 1.32. The number of rotatable bonds is 4. The molecule has 3 nitrogen and oxygen atoms in total. The molecule has 0 aliphatic heterocycles. The number of ether oxygens (including phenoxy) is 1. The lowest BCUT2D eigenvalue weighted by Crippen LogP contribution is -2.26. The summed E-state index contributed by atoms with van der Waals surface area (Å²) in [6, 6.07) is 1.89.